The van der Waals surface area contributed by atoms with Gasteiger partial charge in [0.15, 0.2) is 0 Å². The van der Waals surface area contributed by atoms with Crippen LogP contribution < -0.4 is 9.47 Å². The van der Waals surface area contributed by atoms with Gasteiger partial charge in [-0.25, -0.2) is 0 Å². The zero-order valence-corrected chi connectivity index (χ0v) is 10.5. The lowest BCUT2D eigenvalue weighted by Crippen LogP contribution is -2.09. The van der Waals surface area contributed by atoms with E-state index >= 15 is 0 Å². The quantitative estimate of drug-likeness (QED) is 0.648. The molecule has 0 N–H and O–H groups in total. The molecule has 16 heavy (non-hydrogen) atoms. The lowest BCUT2D eigenvalue weighted by Gasteiger charge is -2.13. The van der Waals surface area contributed by atoms with Crippen LogP contribution in [-0.4, -0.2) is 12.7 Å². The molecule has 0 saturated heterocycles. The van der Waals surface area contributed by atoms with E-state index in [0.29, 0.717) is 0 Å². The predicted octanol–water partition coefficient (Wildman–Crippen LogP) is 4.04. The molecule has 0 saturated carbocycles. The lowest BCUT2D eigenvalue weighted by atomic mass is 10.3. The molecule has 90 valence electrons. The molecule has 0 amide bonds. The first-order chi connectivity index (χ1) is 7.76. The van der Waals surface area contributed by atoms with Crippen LogP contribution in [0.2, 0.25) is 0 Å². The van der Waals surface area contributed by atoms with Crippen LogP contribution in [-0.2, 0) is 0 Å². The monoisotopic (exact) mass is 222 g/mol. The lowest BCUT2D eigenvalue weighted by molar-refractivity contribution is 0.217. The Hall–Kier alpha value is -1.18. The summed E-state index contributed by atoms with van der Waals surface area (Å²) < 4.78 is 11.3. The van der Waals surface area contributed by atoms with Gasteiger partial charge in [-0.2, -0.15) is 0 Å². The first-order valence-corrected chi connectivity index (χ1v) is 6.15. The summed E-state index contributed by atoms with van der Waals surface area (Å²) in [5.41, 5.74) is 0. The number of ether oxygens (including phenoxy) is 2. The summed E-state index contributed by atoms with van der Waals surface area (Å²) in [4.78, 5) is 0. The predicted molar refractivity (Wildman–Crippen MR) is 67.2 cm³/mol. The molecule has 0 aliphatic heterocycles. The maximum Gasteiger partial charge on any atom is 0.119 e. The second-order valence-corrected chi connectivity index (χ2v) is 4.01. The maximum atomic E-state index is 5.69. The highest BCUT2D eigenvalue weighted by molar-refractivity contribution is 5.31. The van der Waals surface area contributed by atoms with Crippen LogP contribution in [0.4, 0.5) is 0 Å². The van der Waals surface area contributed by atoms with Gasteiger partial charge in [-0.15, -0.1) is 0 Å². The Balaban J connectivity index is 2.41. The van der Waals surface area contributed by atoms with Gasteiger partial charge in [0.2, 0.25) is 0 Å². The minimum absolute atomic E-state index is 0.270. The van der Waals surface area contributed by atoms with Crippen molar-refractivity contribution in [2.45, 2.75) is 46.1 Å². The van der Waals surface area contributed by atoms with E-state index in [2.05, 4.69) is 20.8 Å². The fourth-order valence-electron chi connectivity index (χ4n) is 1.26. The Kier molecular flexibility index (Phi) is 5.76. The summed E-state index contributed by atoms with van der Waals surface area (Å²) in [6, 6.07) is 7.86. The van der Waals surface area contributed by atoms with Crippen molar-refractivity contribution >= 4 is 0 Å². The second-order valence-electron chi connectivity index (χ2n) is 4.01. The largest absolute Gasteiger partial charge is 0.494 e. The third kappa shape index (κ3) is 4.56. The first kappa shape index (κ1) is 12.9. The number of benzene rings is 1. The van der Waals surface area contributed by atoms with Gasteiger partial charge in [0.25, 0.3) is 0 Å². The topological polar surface area (TPSA) is 18.5 Å². The molecule has 2 heteroatoms. The average Bonchev–Trinajstić information content (AvgIpc) is 2.31. The number of unbranched alkanes of at least 4 members (excludes halogenated alkanes) is 1. The van der Waals surface area contributed by atoms with E-state index in [-0.39, 0.29) is 6.10 Å². The fourth-order valence-corrected chi connectivity index (χ4v) is 1.26. The highest BCUT2D eigenvalue weighted by atomic mass is 16.5. The van der Waals surface area contributed by atoms with Gasteiger partial charge < -0.3 is 9.47 Å². The van der Waals surface area contributed by atoms with Crippen molar-refractivity contribution in [2.24, 2.45) is 0 Å². The third-order valence-corrected chi connectivity index (χ3v) is 2.50. The average molecular weight is 222 g/mol. The summed E-state index contributed by atoms with van der Waals surface area (Å²) >= 11 is 0. The molecular formula is C14H22O2. The van der Waals surface area contributed by atoms with Gasteiger partial charge in [-0.3, -0.25) is 0 Å². The fraction of sp³-hybridized carbons (Fsp3) is 0.571. The Labute approximate surface area is 98.6 Å². The van der Waals surface area contributed by atoms with Gasteiger partial charge in [-0.1, -0.05) is 20.3 Å². The summed E-state index contributed by atoms with van der Waals surface area (Å²) in [6.45, 7) is 7.15. The third-order valence-electron chi connectivity index (χ3n) is 2.50. The standard InChI is InChI=1S/C14H22O2/c1-4-6-11-15-13-7-9-14(10-8-13)16-12(3)5-2/h7-10,12H,4-6,11H2,1-3H3. The van der Waals surface area contributed by atoms with Crippen molar-refractivity contribution in [2.75, 3.05) is 6.61 Å². The van der Waals surface area contributed by atoms with E-state index in [1.54, 1.807) is 0 Å². The Morgan fingerprint density at radius 2 is 1.69 bits per heavy atom. The van der Waals surface area contributed by atoms with Crippen molar-refractivity contribution in [3.8, 4) is 11.5 Å². The molecule has 1 aromatic rings. The van der Waals surface area contributed by atoms with Crippen molar-refractivity contribution in [3.05, 3.63) is 24.3 Å². The minimum Gasteiger partial charge on any atom is -0.494 e. The molecule has 2 nitrogen and oxygen atoms in total. The summed E-state index contributed by atoms with van der Waals surface area (Å²) in [7, 11) is 0. The molecule has 0 aliphatic rings. The molecule has 0 fully saturated rings. The minimum atomic E-state index is 0.270. The van der Waals surface area contributed by atoms with Crippen molar-refractivity contribution in [1.82, 2.24) is 0 Å². The van der Waals surface area contributed by atoms with Crippen molar-refractivity contribution < 1.29 is 9.47 Å². The molecule has 0 aromatic heterocycles. The summed E-state index contributed by atoms with van der Waals surface area (Å²) in [5.74, 6) is 1.84. The van der Waals surface area contributed by atoms with E-state index < -0.39 is 0 Å². The van der Waals surface area contributed by atoms with Crippen LogP contribution >= 0.6 is 0 Å². The Morgan fingerprint density at radius 3 is 2.25 bits per heavy atom. The number of hydrogen-bond acceptors (Lipinski definition) is 2. The zero-order chi connectivity index (χ0) is 11.8. The molecule has 0 spiro atoms. The van der Waals surface area contributed by atoms with Crippen LogP contribution in [0.5, 0.6) is 11.5 Å². The molecule has 1 aromatic carbocycles. The maximum absolute atomic E-state index is 5.69. The van der Waals surface area contributed by atoms with Crippen LogP contribution in [0.3, 0.4) is 0 Å². The highest BCUT2D eigenvalue weighted by Gasteiger charge is 2.01. The van der Waals surface area contributed by atoms with Gasteiger partial charge in [-0.05, 0) is 44.0 Å². The zero-order valence-electron chi connectivity index (χ0n) is 10.5. The number of hydrogen-bond donors (Lipinski definition) is 0. The first-order valence-electron chi connectivity index (χ1n) is 6.15. The van der Waals surface area contributed by atoms with E-state index in [1.807, 2.05) is 24.3 Å². The highest BCUT2D eigenvalue weighted by Crippen LogP contribution is 2.19. The van der Waals surface area contributed by atoms with Crippen LogP contribution in [0.25, 0.3) is 0 Å². The van der Waals surface area contributed by atoms with Crippen LogP contribution in [0, 0.1) is 0 Å². The van der Waals surface area contributed by atoms with E-state index in [0.717, 1.165) is 37.4 Å². The van der Waals surface area contributed by atoms with Gasteiger partial charge in [0.05, 0.1) is 12.7 Å². The SMILES string of the molecule is CCCCOc1ccc(OC(C)CC)cc1. The van der Waals surface area contributed by atoms with Crippen molar-refractivity contribution in [1.29, 1.82) is 0 Å². The van der Waals surface area contributed by atoms with Gasteiger partial charge in [0.1, 0.15) is 11.5 Å². The Morgan fingerprint density at radius 1 is 1.06 bits per heavy atom. The number of rotatable bonds is 7. The summed E-state index contributed by atoms with van der Waals surface area (Å²) in [6.07, 6.45) is 3.56. The molecule has 0 bridgehead atoms. The van der Waals surface area contributed by atoms with Gasteiger partial charge >= 0.3 is 0 Å². The second kappa shape index (κ2) is 7.15. The van der Waals surface area contributed by atoms with E-state index in [9.17, 15) is 0 Å². The molecule has 0 aliphatic carbocycles. The normalized spacial score (nSPS) is 12.2. The molecule has 0 heterocycles. The smallest absolute Gasteiger partial charge is 0.119 e. The Bertz CT molecular complexity index is 279. The van der Waals surface area contributed by atoms with Crippen LogP contribution in [0.1, 0.15) is 40.0 Å². The molecule has 1 unspecified atom stereocenters. The molecule has 1 atom stereocenters. The summed E-state index contributed by atoms with van der Waals surface area (Å²) in [5, 5.41) is 0. The van der Waals surface area contributed by atoms with Crippen LogP contribution in [0.15, 0.2) is 24.3 Å². The molecule has 1 rings (SSSR count). The molecular weight excluding hydrogens is 200 g/mol. The molecule has 0 radical (unpaired) electrons. The van der Waals surface area contributed by atoms with Gasteiger partial charge in [0, 0.05) is 0 Å². The van der Waals surface area contributed by atoms with Crippen molar-refractivity contribution in [3.63, 3.8) is 0 Å². The van der Waals surface area contributed by atoms with E-state index in [4.69, 9.17) is 9.47 Å². The van der Waals surface area contributed by atoms with E-state index in [1.165, 1.54) is 0 Å².